The Bertz CT molecular complexity index is 198. The molecule has 0 spiro atoms. The molecule has 1 heterocycles. The van der Waals surface area contributed by atoms with Gasteiger partial charge in [-0.3, -0.25) is 0 Å². The van der Waals surface area contributed by atoms with Crippen LogP contribution in [0.15, 0.2) is 0 Å². The second-order valence-corrected chi connectivity index (χ2v) is 4.58. The second-order valence-electron chi connectivity index (χ2n) is 4.58. The molecule has 1 saturated heterocycles. The molecule has 1 aliphatic rings. The molecule has 2 atom stereocenters. The van der Waals surface area contributed by atoms with Gasteiger partial charge in [-0.2, -0.15) is 0 Å². The van der Waals surface area contributed by atoms with Crippen molar-refractivity contribution >= 4 is 6.29 Å². The van der Waals surface area contributed by atoms with E-state index in [4.69, 9.17) is 4.74 Å². The molecular formula is C11H20O2. The third kappa shape index (κ3) is 1.41. The summed E-state index contributed by atoms with van der Waals surface area (Å²) in [6.45, 7) is 9.05. The van der Waals surface area contributed by atoms with Crippen LogP contribution in [-0.4, -0.2) is 18.5 Å². The van der Waals surface area contributed by atoms with E-state index in [-0.39, 0.29) is 11.0 Å². The number of hydrogen-bond acceptors (Lipinski definition) is 2. The van der Waals surface area contributed by atoms with Crippen molar-refractivity contribution in [3.63, 3.8) is 0 Å². The molecule has 0 aliphatic carbocycles. The quantitative estimate of drug-likeness (QED) is 0.630. The summed E-state index contributed by atoms with van der Waals surface area (Å²) in [6, 6.07) is 0. The molecule has 2 heteroatoms. The van der Waals surface area contributed by atoms with Crippen LogP contribution >= 0.6 is 0 Å². The monoisotopic (exact) mass is 184 g/mol. The molecule has 0 aromatic heterocycles. The number of rotatable bonds is 3. The fraction of sp³-hybridized carbons (Fsp3) is 0.909. The molecule has 76 valence electrons. The topological polar surface area (TPSA) is 26.3 Å². The molecule has 0 amide bonds. The molecule has 1 rings (SSSR count). The average molecular weight is 184 g/mol. The largest absolute Gasteiger partial charge is 0.374 e. The molecular weight excluding hydrogens is 164 g/mol. The zero-order valence-electron chi connectivity index (χ0n) is 9.09. The highest BCUT2D eigenvalue weighted by molar-refractivity contribution is 5.63. The van der Waals surface area contributed by atoms with Crippen LogP contribution in [0.3, 0.4) is 0 Å². The Hall–Kier alpha value is -0.370. The molecule has 1 aliphatic heterocycles. The van der Waals surface area contributed by atoms with Gasteiger partial charge in [0, 0.05) is 6.61 Å². The Morgan fingerprint density at radius 1 is 1.54 bits per heavy atom. The van der Waals surface area contributed by atoms with Crippen LogP contribution in [0.5, 0.6) is 0 Å². The summed E-state index contributed by atoms with van der Waals surface area (Å²) in [5.74, 6) is 0.405. The van der Waals surface area contributed by atoms with Gasteiger partial charge >= 0.3 is 0 Å². The molecule has 2 nitrogen and oxygen atoms in total. The number of aldehydes is 1. The molecule has 0 aromatic carbocycles. The molecule has 13 heavy (non-hydrogen) atoms. The number of carbonyl (C=O) groups is 1. The highest BCUT2D eigenvalue weighted by Crippen LogP contribution is 2.48. The van der Waals surface area contributed by atoms with Gasteiger partial charge in [0.25, 0.3) is 0 Å². The summed E-state index contributed by atoms with van der Waals surface area (Å²) in [6.07, 6.45) is 3.03. The normalized spacial score (nSPS) is 34.5. The Morgan fingerprint density at radius 2 is 2.15 bits per heavy atom. The van der Waals surface area contributed by atoms with Gasteiger partial charge in [0.2, 0.25) is 0 Å². The van der Waals surface area contributed by atoms with Crippen molar-refractivity contribution in [3.8, 4) is 0 Å². The number of hydrogen-bond donors (Lipinski definition) is 0. The molecule has 0 bridgehead atoms. The molecule has 0 saturated carbocycles. The summed E-state index contributed by atoms with van der Waals surface area (Å²) in [4.78, 5) is 11.3. The minimum atomic E-state index is -0.288. The van der Waals surface area contributed by atoms with Crippen LogP contribution in [0, 0.1) is 11.3 Å². The minimum absolute atomic E-state index is 0.262. The van der Waals surface area contributed by atoms with Gasteiger partial charge in [0.05, 0.1) is 11.0 Å². The van der Waals surface area contributed by atoms with E-state index in [2.05, 4.69) is 13.8 Å². The van der Waals surface area contributed by atoms with Crippen molar-refractivity contribution < 1.29 is 9.53 Å². The maximum atomic E-state index is 11.3. The molecule has 0 radical (unpaired) electrons. The Kier molecular flexibility index (Phi) is 2.81. The second kappa shape index (κ2) is 3.41. The van der Waals surface area contributed by atoms with Gasteiger partial charge in [0.1, 0.15) is 6.29 Å². The third-order valence-electron chi connectivity index (χ3n) is 3.80. The fourth-order valence-electron chi connectivity index (χ4n) is 2.43. The first-order chi connectivity index (χ1) is 6.00. The Labute approximate surface area is 80.7 Å². The highest BCUT2D eigenvalue weighted by atomic mass is 16.5. The summed E-state index contributed by atoms with van der Waals surface area (Å²) in [5, 5.41) is 0. The molecule has 1 fully saturated rings. The average Bonchev–Trinajstić information content (AvgIpc) is 2.40. The highest BCUT2D eigenvalue weighted by Gasteiger charge is 2.52. The van der Waals surface area contributed by atoms with Crippen LogP contribution in [0.1, 0.15) is 40.5 Å². The van der Waals surface area contributed by atoms with Crippen molar-refractivity contribution in [1.82, 2.24) is 0 Å². The Balaban J connectivity index is 2.98. The van der Waals surface area contributed by atoms with E-state index in [0.29, 0.717) is 5.92 Å². The predicted molar refractivity (Wildman–Crippen MR) is 52.6 cm³/mol. The maximum Gasteiger partial charge on any atom is 0.129 e. The zero-order chi connectivity index (χ0) is 10.1. The first-order valence-electron chi connectivity index (χ1n) is 5.10. The SMILES string of the molecule is CCC(C)C1(C=O)CCOC1(C)C. The lowest BCUT2D eigenvalue weighted by molar-refractivity contribution is -0.130. The van der Waals surface area contributed by atoms with Gasteiger partial charge < -0.3 is 9.53 Å². The smallest absolute Gasteiger partial charge is 0.129 e. The van der Waals surface area contributed by atoms with Gasteiger partial charge in [-0.05, 0) is 26.2 Å². The lowest BCUT2D eigenvalue weighted by Gasteiger charge is -2.39. The van der Waals surface area contributed by atoms with E-state index in [9.17, 15) is 4.79 Å². The van der Waals surface area contributed by atoms with Crippen molar-refractivity contribution in [2.24, 2.45) is 11.3 Å². The van der Waals surface area contributed by atoms with E-state index < -0.39 is 0 Å². The van der Waals surface area contributed by atoms with Gasteiger partial charge in [0.15, 0.2) is 0 Å². The molecule has 2 unspecified atom stereocenters. The lowest BCUT2D eigenvalue weighted by Crippen LogP contribution is -2.45. The summed E-state index contributed by atoms with van der Waals surface area (Å²) in [5.41, 5.74) is -0.550. The van der Waals surface area contributed by atoms with Gasteiger partial charge in [-0.15, -0.1) is 0 Å². The van der Waals surface area contributed by atoms with Crippen LogP contribution in [0.25, 0.3) is 0 Å². The van der Waals surface area contributed by atoms with E-state index in [0.717, 1.165) is 25.7 Å². The van der Waals surface area contributed by atoms with Gasteiger partial charge in [-0.25, -0.2) is 0 Å². The predicted octanol–water partition coefficient (Wildman–Crippen LogP) is 2.42. The summed E-state index contributed by atoms with van der Waals surface area (Å²) >= 11 is 0. The zero-order valence-corrected chi connectivity index (χ0v) is 9.09. The van der Waals surface area contributed by atoms with E-state index >= 15 is 0 Å². The molecule has 0 N–H and O–H groups in total. The number of carbonyl (C=O) groups excluding carboxylic acids is 1. The standard InChI is InChI=1S/C11H20O2/c1-5-9(2)11(8-12)6-7-13-10(11,3)4/h8-9H,5-7H2,1-4H3. The summed E-state index contributed by atoms with van der Waals surface area (Å²) < 4.78 is 5.64. The van der Waals surface area contributed by atoms with E-state index in [1.165, 1.54) is 0 Å². The van der Waals surface area contributed by atoms with Crippen LogP contribution < -0.4 is 0 Å². The first-order valence-corrected chi connectivity index (χ1v) is 5.10. The maximum absolute atomic E-state index is 11.3. The van der Waals surface area contributed by atoms with Crippen molar-refractivity contribution in [2.45, 2.75) is 46.1 Å². The van der Waals surface area contributed by atoms with Crippen molar-refractivity contribution in [2.75, 3.05) is 6.61 Å². The minimum Gasteiger partial charge on any atom is -0.374 e. The first kappa shape index (κ1) is 10.7. The lowest BCUT2D eigenvalue weighted by atomic mass is 9.65. The van der Waals surface area contributed by atoms with Crippen LogP contribution in [0.4, 0.5) is 0 Å². The Morgan fingerprint density at radius 3 is 2.46 bits per heavy atom. The van der Waals surface area contributed by atoms with Crippen molar-refractivity contribution in [1.29, 1.82) is 0 Å². The molecule has 0 aromatic rings. The van der Waals surface area contributed by atoms with Crippen LogP contribution in [0.2, 0.25) is 0 Å². The van der Waals surface area contributed by atoms with Crippen molar-refractivity contribution in [3.05, 3.63) is 0 Å². The summed E-state index contributed by atoms with van der Waals surface area (Å²) in [7, 11) is 0. The number of ether oxygens (including phenoxy) is 1. The van der Waals surface area contributed by atoms with Gasteiger partial charge in [-0.1, -0.05) is 20.3 Å². The van der Waals surface area contributed by atoms with Crippen LogP contribution in [-0.2, 0) is 9.53 Å². The van der Waals surface area contributed by atoms with E-state index in [1.807, 2.05) is 13.8 Å². The fourth-order valence-corrected chi connectivity index (χ4v) is 2.43. The third-order valence-corrected chi connectivity index (χ3v) is 3.80. The van der Waals surface area contributed by atoms with E-state index in [1.54, 1.807) is 0 Å².